The van der Waals surface area contributed by atoms with E-state index in [-0.39, 0.29) is 5.54 Å². The van der Waals surface area contributed by atoms with Crippen LogP contribution < -0.4 is 5.32 Å². The van der Waals surface area contributed by atoms with Crippen LogP contribution in [0.5, 0.6) is 0 Å². The number of piperidine rings is 1. The molecular formula is C10H17N3O. The molecule has 0 bridgehead atoms. The summed E-state index contributed by atoms with van der Waals surface area (Å²) >= 11 is 0. The van der Waals surface area contributed by atoms with Crippen molar-refractivity contribution in [2.45, 2.75) is 45.1 Å². The predicted molar refractivity (Wildman–Crippen MR) is 52.9 cm³/mol. The van der Waals surface area contributed by atoms with E-state index in [9.17, 15) is 0 Å². The van der Waals surface area contributed by atoms with Crippen molar-refractivity contribution < 1.29 is 4.52 Å². The first-order chi connectivity index (χ1) is 6.74. The lowest BCUT2D eigenvalue weighted by Crippen LogP contribution is -2.43. The molecule has 2 heterocycles. The molecule has 1 fully saturated rings. The van der Waals surface area contributed by atoms with E-state index in [0.29, 0.717) is 0 Å². The predicted octanol–water partition coefficient (Wildman–Crippen LogP) is 1.62. The normalized spacial score (nSPS) is 27.9. The number of rotatable bonds is 2. The van der Waals surface area contributed by atoms with Crippen LogP contribution in [0.4, 0.5) is 0 Å². The number of hydrogen-bond acceptors (Lipinski definition) is 4. The molecule has 0 saturated carbocycles. The monoisotopic (exact) mass is 195 g/mol. The summed E-state index contributed by atoms with van der Waals surface area (Å²) in [5.41, 5.74) is -0.0985. The van der Waals surface area contributed by atoms with Crippen LogP contribution in [0.1, 0.15) is 44.8 Å². The van der Waals surface area contributed by atoms with Gasteiger partial charge in [0.05, 0.1) is 5.54 Å². The van der Waals surface area contributed by atoms with Crippen LogP contribution in [0.25, 0.3) is 0 Å². The summed E-state index contributed by atoms with van der Waals surface area (Å²) in [6, 6.07) is 0. The minimum atomic E-state index is -0.0985. The van der Waals surface area contributed by atoms with Gasteiger partial charge in [-0.25, -0.2) is 0 Å². The summed E-state index contributed by atoms with van der Waals surface area (Å²) in [6.45, 7) is 5.21. The molecule has 78 valence electrons. The zero-order valence-corrected chi connectivity index (χ0v) is 8.84. The van der Waals surface area contributed by atoms with Crippen LogP contribution >= 0.6 is 0 Å². The molecule has 1 aliphatic heterocycles. The Morgan fingerprint density at radius 1 is 1.50 bits per heavy atom. The fraction of sp³-hybridized carbons (Fsp3) is 0.800. The van der Waals surface area contributed by atoms with Gasteiger partial charge >= 0.3 is 0 Å². The lowest BCUT2D eigenvalue weighted by molar-refractivity contribution is 0.206. The zero-order valence-electron chi connectivity index (χ0n) is 8.84. The van der Waals surface area contributed by atoms with Crippen molar-refractivity contribution in [3.05, 3.63) is 11.7 Å². The Hall–Kier alpha value is -0.900. The van der Waals surface area contributed by atoms with Crippen LogP contribution in [0.2, 0.25) is 0 Å². The number of nitrogens with zero attached hydrogens (tertiary/aromatic N) is 2. The highest BCUT2D eigenvalue weighted by molar-refractivity contribution is 5.02. The molecule has 0 spiro atoms. The molecule has 1 unspecified atom stereocenters. The Bertz CT molecular complexity index is 302. The third-order valence-corrected chi connectivity index (χ3v) is 2.88. The van der Waals surface area contributed by atoms with Crippen LogP contribution in [-0.2, 0) is 12.0 Å². The minimum Gasteiger partial charge on any atom is -0.337 e. The van der Waals surface area contributed by atoms with E-state index < -0.39 is 0 Å². The largest absolute Gasteiger partial charge is 0.337 e. The highest BCUT2D eigenvalue weighted by atomic mass is 16.5. The molecule has 1 aliphatic rings. The average molecular weight is 195 g/mol. The van der Waals surface area contributed by atoms with Crippen molar-refractivity contribution in [2.24, 2.45) is 0 Å². The number of aryl methyl sites for hydroxylation is 1. The van der Waals surface area contributed by atoms with E-state index in [4.69, 9.17) is 4.52 Å². The zero-order chi connectivity index (χ0) is 10.0. The second-order valence-corrected chi connectivity index (χ2v) is 4.09. The standard InChI is InChI=1S/C10H17N3O/c1-3-8-12-9(14-13-8)10(2)6-4-5-7-11-10/h11H,3-7H2,1-2H3. The van der Waals surface area contributed by atoms with E-state index in [1.807, 2.05) is 6.92 Å². The fourth-order valence-electron chi connectivity index (χ4n) is 1.86. The van der Waals surface area contributed by atoms with E-state index in [2.05, 4.69) is 22.4 Å². The molecule has 1 aromatic rings. The Kier molecular flexibility index (Phi) is 2.54. The third-order valence-electron chi connectivity index (χ3n) is 2.88. The van der Waals surface area contributed by atoms with Crippen molar-refractivity contribution in [2.75, 3.05) is 6.54 Å². The summed E-state index contributed by atoms with van der Waals surface area (Å²) < 4.78 is 5.27. The van der Waals surface area contributed by atoms with Gasteiger partial charge in [0.25, 0.3) is 0 Å². The number of nitrogens with one attached hydrogen (secondary N) is 1. The quantitative estimate of drug-likeness (QED) is 0.779. The number of hydrogen-bond donors (Lipinski definition) is 1. The molecule has 0 amide bonds. The average Bonchev–Trinajstić information content (AvgIpc) is 2.67. The molecule has 1 N–H and O–H groups in total. The van der Waals surface area contributed by atoms with E-state index in [0.717, 1.165) is 31.1 Å². The smallest absolute Gasteiger partial charge is 0.246 e. The molecule has 0 aliphatic carbocycles. The maximum atomic E-state index is 5.27. The van der Waals surface area contributed by atoms with Crippen molar-refractivity contribution >= 4 is 0 Å². The van der Waals surface area contributed by atoms with Crippen LogP contribution in [0, 0.1) is 0 Å². The van der Waals surface area contributed by atoms with Crippen molar-refractivity contribution in [1.82, 2.24) is 15.5 Å². The molecule has 0 radical (unpaired) electrons. The summed E-state index contributed by atoms with van der Waals surface area (Å²) in [4.78, 5) is 4.38. The van der Waals surface area contributed by atoms with Gasteiger partial charge in [-0.15, -0.1) is 0 Å². The molecular weight excluding hydrogens is 178 g/mol. The molecule has 14 heavy (non-hydrogen) atoms. The van der Waals surface area contributed by atoms with Crippen molar-refractivity contribution in [3.8, 4) is 0 Å². The van der Waals surface area contributed by atoms with Gasteiger partial charge in [0, 0.05) is 6.42 Å². The van der Waals surface area contributed by atoms with E-state index in [1.165, 1.54) is 12.8 Å². The van der Waals surface area contributed by atoms with Gasteiger partial charge in [0.15, 0.2) is 5.82 Å². The summed E-state index contributed by atoms with van der Waals surface area (Å²) in [5.74, 6) is 1.54. The topological polar surface area (TPSA) is 51.0 Å². The lowest BCUT2D eigenvalue weighted by Gasteiger charge is -2.31. The third kappa shape index (κ3) is 1.66. The Morgan fingerprint density at radius 3 is 2.93 bits per heavy atom. The Labute approximate surface area is 84.1 Å². The summed E-state index contributed by atoms with van der Waals surface area (Å²) in [5, 5.41) is 7.38. The Morgan fingerprint density at radius 2 is 2.36 bits per heavy atom. The minimum absolute atomic E-state index is 0.0985. The molecule has 4 heteroatoms. The first kappa shape index (κ1) is 9.65. The van der Waals surface area contributed by atoms with E-state index >= 15 is 0 Å². The van der Waals surface area contributed by atoms with Crippen molar-refractivity contribution in [1.29, 1.82) is 0 Å². The Balaban J connectivity index is 2.19. The summed E-state index contributed by atoms with van der Waals surface area (Å²) in [7, 11) is 0. The van der Waals surface area contributed by atoms with Gasteiger partial charge in [-0.3, -0.25) is 0 Å². The van der Waals surface area contributed by atoms with E-state index in [1.54, 1.807) is 0 Å². The first-order valence-corrected chi connectivity index (χ1v) is 5.33. The SMILES string of the molecule is CCc1noc(C2(C)CCCCN2)n1. The summed E-state index contributed by atoms with van der Waals surface area (Å²) in [6.07, 6.45) is 4.38. The van der Waals surface area contributed by atoms with Gasteiger partial charge in [0.2, 0.25) is 5.89 Å². The molecule has 1 saturated heterocycles. The molecule has 1 atom stereocenters. The number of aromatic nitrogens is 2. The van der Waals surface area contributed by atoms with Crippen LogP contribution in [-0.4, -0.2) is 16.7 Å². The van der Waals surface area contributed by atoms with Gasteiger partial charge < -0.3 is 9.84 Å². The second kappa shape index (κ2) is 3.69. The van der Waals surface area contributed by atoms with Crippen LogP contribution in [0.15, 0.2) is 4.52 Å². The maximum Gasteiger partial charge on any atom is 0.246 e. The molecule has 0 aromatic carbocycles. The molecule has 4 nitrogen and oxygen atoms in total. The maximum absolute atomic E-state index is 5.27. The first-order valence-electron chi connectivity index (χ1n) is 5.33. The van der Waals surface area contributed by atoms with Gasteiger partial charge in [-0.1, -0.05) is 12.1 Å². The second-order valence-electron chi connectivity index (χ2n) is 4.09. The van der Waals surface area contributed by atoms with Gasteiger partial charge in [-0.05, 0) is 32.7 Å². The highest BCUT2D eigenvalue weighted by Gasteiger charge is 2.33. The lowest BCUT2D eigenvalue weighted by atomic mass is 9.91. The van der Waals surface area contributed by atoms with Crippen molar-refractivity contribution in [3.63, 3.8) is 0 Å². The molecule has 2 rings (SSSR count). The fourth-order valence-corrected chi connectivity index (χ4v) is 1.86. The van der Waals surface area contributed by atoms with Gasteiger partial charge in [-0.2, -0.15) is 4.98 Å². The molecule has 1 aromatic heterocycles. The van der Waals surface area contributed by atoms with Gasteiger partial charge in [0.1, 0.15) is 0 Å². The highest BCUT2D eigenvalue weighted by Crippen LogP contribution is 2.28. The van der Waals surface area contributed by atoms with Crippen LogP contribution in [0.3, 0.4) is 0 Å².